The summed E-state index contributed by atoms with van der Waals surface area (Å²) in [4.78, 5) is 37.4. The highest BCUT2D eigenvalue weighted by Gasteiger charge is 2.25. The van der Waals surface area contributed by atoms with Crippen LogP contribution in [0.25, 0.3) is 5.69 Å². The van der Waals surface area contributed by atoms with Gasteiger partial charge in [-0.1, -0.05) is 17.7 Å². The molecule has 0 radical (unpaired) electrons. The summed E-state index contributed by atoms with van der Waals surface area (Å²) in [6.45, 7) is 10.4. The maximum Gasteiger partial charge on any atom is 0.361 e. The lowest BCUT2D eigenvalue weighted by Crippen LogP contribution is -2.46. The number of aromatic nitrogens is 3. The van der Waals surface area contributed by atoms with Gasteiger partial charge >= 0.3 is 12.0 Å². The van der Waals surface area contributed by atoms with Crippen LogP contribution in [0, 0.1) is 20.8 Å². The van der Waals surface area contributed by atoms with E-state index in [2.05, 4.69) is 20.8 Å². The van der Waals surface area contributed by atoms with Crippen molar-refractivity contribution in [1.29, 1.82) is 0 Å². The molecule has 0 unspecified atom stereocenters. The molecule has 2 aromatic rings. The topological polar surface area (TPSA) is 115 Å². The van der Waals surface area contributed by atoms with Crippen molar-refractivity contribution < 1.29 is 19.1 Å². The van der Waals surface area contributed by atoms with E-state index in [0.29, 0.717) is 5.69 Å². The molecule has 28 heavy (non-hydrogen) atoms. The Bertz CT molecular complexity index is 904. The van der Waals surface area contributed by atoms with E-state index in [1.165, 1.54) is 11.7 Å². The smallest absolute Gasteiger partial charge is 0.361 e. The van der Waals surface area contributed by atoms with Gasteiger partial charge in [0.05, 0.1) is 11.4 Å². The number of esters is 1. The molecule has 1 aromatic carbocycles. The van der Waals surface area contributed by atoms with Gasteiger partial charge in [0.25, 0.3) is 5.91 Å². The number of benzene rings is 1. The van der Waals surface area contributed by atoms with E-state index in [1.807, 2.05) is 32.0 Å². The number of carbonyl (C=O) groups excluding carboxylic acids is 3. The number of hydrogen-bond donors (Lipinski definition) is 2. The van der Waals surface area contributed by atoms with Gasteiger partial charge in [-0.05, 0) is 53.2 Å². The highest BCUT2D eigenvalue weighted by atomic mass is 16.5. The molecule has 0 bridgehead atoms. The minimum absolute atomic E-state index is 0.00579. The molecule has 0 aliphatic carbocycles. The molecule has 1 aromatic heterocycles. The van der Waals surface area contributed by atoms with Crippen molar-refractivity contribution in [2.45, 2.75) is 53.7 Å². The van der Waals surface area contributed by atoms with E-state index in [1.54, 1.807) is 20.8 Å². The number of hydrogen-bond acceptors (Lipinski definition) is 6. The summed E-state index contributed by atoms with van der Waals surface area (Å²) in [6.07, 6.45) is -1.17. The molecule has 150 valence electrons. The number of rotatable bonds is 5. The first kappa shape index (κ1) is 21.1. The molecule has 3 amide bonds. The van der Waals surface area contributed by atoms with Crippen LogP contribution in [0.5, 0.6) is 0 Å². The Morgan fingerprint density at radius 3 is 2.36 bits per heavy atom. The largest absolute Gasteiger partial charge is 0.448 e. The highest BCUT2D eigenvalue weighted by molar-refractivity contribution is 5.98. The van der Waals surface area contributed by atoms with Gasteiger partial charge in [0.15, 0.2) is 11.8 Å². The average molecular weight is 387 g/mol. The fourth-order valence-corrected chi connectivity index (χ4v) is 2.49. The maximum atomic E-state index is 12.4. The van der Waals surface area contributed by atoms with Gasteiger partial charge < -0.3 is 10.1 Å². The highest BCUT2D eigenvalue weighted by Crippen LogP contribution is 2.16. The Balaban J connectivity index is 2.09. The zero-order valence-corrected chi connectivity index (χ0v) is 16.9. The van der Waals surface area contributed by atoms with E-state index in [4.69, 9.17) is 4.74 Å². The lowest BCUT2D eigenvalue weighted by atomic mass is 10.1. The minimum atomic E-state index is -1.17. The normalized spacial score (nSPS) is 11.8. The third kappa shape index (κ3) is 5.15. The number of carbonyl (C=O) groups is 3. The molecule has 1 atom stereocenters. The van der Waals surface area contributed by atoms with Crippen molar-refractivity contribution in [3.05, 3.63) is 40.7 Å². The maximum absolute atomic E-state index is 12.4. The second-order valence-corrected chi connectivity index (χ2v) is 6.88. The third-order valence-corrected chi connectivity index (χ3v) is 3.85. The molecule has 1 heterocycles. The molecule has 2 N–H and O–H groups in total. The summed E-state index contributed by atoms with van der Waals surface area (Å²) < 4.78 is 5.14. The summed E-state index contributed by atoms with van der Waals surface area (Å²) >= 11 is 0. The summed E-state index contributed by atoms with van der Waals surface area (Å²) in [7, 11) is 0. The molecule has 0 spiro atoms. The van der Waals surface area contributed by atoms with Gasteiger partial charge in [-0.15, -0.1) is 5.10 Å². The van der Waals surface area contributed by atoms with E-state index in [0.717, 1.165) is 16.8 Å². The first-order valence-corrected chi connectivity index (χ1v) is 8.92. The lowest BCUT2D eigenvalue weighted by Gasteiger charge is -2.13. The van der Waals surface area contributed by atoms with Crippen LogP contribution in [0.15, 0.2) is 18.2 Å². The van der Waals surface area contributed by atoms with E-state index < -0.39 is 24.0 Å². The predicted octanol–water partition coefficient (Wildman–Crippen LogP) is 1.97. The number of amides is 3. The summed E-state index contributed by atoms with van der Waals surface area (Å²) in [5.41, 5.74) is 3.18. The SMILES string of the molecule is Cc1ccc(-n2nc(C)c(C(=O)O[C@@H](C)C(=O)NC(=O)NC(C)C)n2)c(C)c1. The van der Waals surface area contributed by atoms with Gasteiger partial charge in [-0.2, -0.15) is 9.90 Å². The van der Waals surface area contributed by atoms with Gasteiger partial charge in [-0.25, -0.2) is 9.59 Å². The van der Waals surface area contributed by atoms with Crippen LogP contribution in [0.1, 0.15) is 48.1 Å². The Morgan fingerprint density at radius 2 is 1.75 bits per heavy atom. The zero-order valence-electron chi connectivity index (χ0n) is 16.9. The Morgan fingerprint density at radius 1 is 1.07 bits per heavy atom. The molecule has 0 saturated heterocycles. The quantitative estimate of drug-likeness (QED) is 0.758. The van der Waals surface area contributed by atoms with Crippen molar-refractivity contribution >= 4 is 17.9 Å². The Labute approximate surface area is 163 Å². The standard InChI is InChI=1S/C19H25N5O4/c1-10(2)20-19(27)21-17(25)14(6)28-18(26)16-13(5)22-24(23-16)15-8-7-11(3)9-12(15)4/h7-10,14H,1-6H3,(H2,20,21,25,27)/t14-/m0/s1. The first-order chi connectivity index (χ1) is 13.1. The van der Waals surface area contributed by atoms with Gasteiger partial charge in [0, 0.05) is 6.04 Å². The van der Waals surface area contributed by atoms with E-state index in [-0.39, 0.29) is 11.7 Å². The van der Waals surface area contributed by atoms with Crippen molar-refractivity contribution in [2.24, 2.45) is 0 Å². The van der Waals surface area contributed by atoms with Crippen LogP contribution in [-0.4, -0.2) is 45.0 Å². The van der Waals surface area contributed by atoms with E-state index in [9.17, 15) is 14.4 Å². The number of urea groups is 1. The summed E-state index contributed by atoms with van der Waals surface area (Å²) in [5, 5.41) is 13.1. The molecule has 9 heteroatoms. The molecule has 0 saturated carbocycles. The lowest BCUT2D eigenvalue weighted by molar-refractivity contribution is -0.127. The van der Waals surface area contributed by atoms with Crippen LogP contribution in [-0.2, 0) is 9.53 Å². The molecule has 2 rings (SSSR count). The van der Waals surface area contributed by atoms with Crippen molar-refractivity contribution in [3.8, 4) is 5.69 Å². The minimum Gasteiger partial charge on any atom is -0.448 e. The number of imide groups is 1. The zero-order chi connectivity index (χ0) is 21.0. The average Bonchev–Trinajstić information content (AvgIpc) is 2.95. The number of aryl methyl sites for hydroxylation is 3. The fourth-order valence-electron chi connectivity index (χ4n) is 2.49. The van der Waals surface area contributed by atoms with Crippen molar-refractivity contribution in [2.75, 3.05) is 0 Å². The van der Waals surface area contributed by atoms with Crippen molar-refractivity contribution in [3.63, 3.8) is 0 Å². The molecule has 9 nitrogen and oxygen atoms in total. The summed E-state index contributed by atoms with van der Waals surface area (Å²) in [5.74, 6) is -1.52. The van der Waals surface area contributed by atoms with Gasteiger partial charge in [0.1, 0.15) is 0 Å². The first-order valence-electron chi connectivity index (χ1n) is 8.92. The molecular formula is C19H25N5O4. The second-order valence-electron chi connectivity index (χ2n) is 6.88. The van der Waals surface area contributed by atoms with Crippen molar-refractivity contribution in [1.82, 2.24) is 25.6 Å². The number of ether oxygens (including phenoxy) is 1. The fraction of sp³-hybridized carbons (Fsp3) is 0.421. The van der Waals surface area contributed by atoms with Gasteiger partial charge in [-0.3, -0.25) is 10.1 Å². The Kier molecular flexibility index (Phi) is 6.50. The second kappa shape index (κ2) is 8.64. The van der Waals surface area contributed by atoms with Crippen LogP contribution in [0.2, 0.25) is 0 Å². The molecular weight excluding hydrogens is 362 g/mol. The van der Waals surface area contributed by atoms with Crippen LogP contribution < -0.4 is 10.6 Å². The monoisotopic (exact) mass is 387 g/mol. The van der Waals surface area contributed by atoms with Crippen LogP contribution >= 0.6 is 0 Å². The molecule has 0 aliphatic heterocycles. The molecule has 0 fully saturated rings. The van der Waals surface area contributed by atoms with Crippen LogP contribution in [0.3, 0.4) is 0 Å². The predicted molar refractivity (Wildman–Crippen MR) is 102 cm³/mol. The third-order valence-electron chi connectivity index (χ3n) is 3.85. The van der Waals surface area contributed by atoms with E-state index >= 15 is 0 Å². The van der Waals surface area contributed by atoms with Gasteiger partial charge in [0.2, 0.25) is 0 Å². The number of nitrogens with zero attached hydrogens (tertiary/aromatic N) is 3. The molecule has 0 aliphatic rings. The summed E-state index contributed by atoms with van der Waals surface area (Å²) in [6, 6.07) is 4.99. The number of nitrogens with one attached hydrogen (secondary N) is 2. The Hall–Kier alpha value is -3.23. The van der Waals surface area contributed by atoms with Crippen LogP contribution in [0.4, 0.5) is 4.79 Å².